The van der Waals surface area contributed by atoms with Crippen LogP contribution in [0.3, 0.4) is 0 Å². The predicted octanol–water partition coefficient (Wildman–Crippen LogP) is 3.67. The van der Waals surface area contributed by atoms with E-state index in [9.17, 15) is 14.7 Å². The van der Waals surface area contributed by atoms with Gasteiger partial charge in [0, 0.05) is 24.2 Å². The first-order chi connectivity index (χ1) is 14.6. The van der Waals surface area contributed by atoms with E-state index in [0.29, 0.717) is 24.2 Å². The van der Waals surface area contributed by atoms with Gasteiger partial charge in [0.15, 0.2) is 0 Å². The van der Waals surface area contributed by atoms with Crippen LogP contribution in [-0.2, 0) is 15.1 Å². The van der Waals surface area contributed by atoms with E-state index in [1.54, 1.807) is 30.9 Å². The van der Waals surface area contributed by atoms with E-state index in [0.717, 1.165) is 16.7 Å². The van der Waals surface area contributed by atoms with Gasteiger partial charge in [-0.15, -0.1) is 0 Å². The molecule has 164 valence electrons. The molecule has 0 bridgehead atoms. The molecule has 31 heavy (non-hydrogen) atoms. The van der Waals surface area contributed by atoms with Crippen molar-refractivity contribution in [2.75, 3.05) is 24.7 Å². The van der Waals surface area contributed by atoms with Crippen molar-refractivity contribution in [3.63, 3.8) is 0 Å². The number of carboxylic acid groups (broad SMARTS) is 1. The summed E-state index contributed by atoms with van der Waals surface area (Å²) in [5.41, 5.74) is 2.93. The molecular weight excluding hydrogens is 394 g/mol. The number of carboxylic acids is 1. The van der Waals surface area contributed by atoms with Crippen LogP contribution in [-0.4, -0.2) is 41.8 Å². The molecule has 0 aliphatic heterocycles. The van der Waals surface area contributed by atoms with Crippen molar-refractivity contribution in [3.05, 3.63) is 64.7 Å². The average molecular weight is 424 g/mol. The Hall–Kier alpha value is -3.14. The van der Waals surface area contributed by atoms with Crippen molar-refractivity contribution < 1.29 is 24.5 Å². The molecule has 0 spiro atoms. The minimum atomic E-state index is -1.05. The van der Waals surface area contributed by atoms with E-state index in [1.807, 2.05) is 44.2 Å². The number of carbonyl (C=O) groups excluding carboxylic acids is 1. The second kappa shape index (κ2) is 10.8. The Morgan fingerprint density at radius 2 is 1.77 bits per heavy atom. The number of hydrogen-bond acceptors (Lipinski definition) is 4. The number of carbonyl (C=O) groups is 2. The molecule has 6 nitrogen and oxygen atoms in total. The first kappa shape index (κ1) is 24.1. The summed E-state index contributed by atoms with van der Waals surface area (Å²) in [6, 6.07) is 12.8. The number of hydrogen-bond donors (Lipinski definition) is 2. The van der Waals surface area contributed by atoms with E-state index in [4.69, 9.17) is 9.84 Å². The van der Waals surface area contributed by atoms with Crippen LogP contribution in [0.1, 0.15) is 47.3 Å². The summed E-state index contributed by atoms with van der Waals surface area (Å²) >= 11 is 0. The fourth-order valence-electron chi connectivity index (χ4n) is 3.21. The Bertz CT molecular complexity index is 981. The minimum Gasteiger partial charge on any atom is -0.480 e. The molecule has 2 aromatic carbocycles. The van der Waals surface area contributed by atoms with E-state index in [1.165, 1.54) is 0 Å². The molecule has 0 aliphatic carbocycles. The molecule has 0 aliphatic rings. The third-order valence-corrected chi connectivity index (χ3v) is 4.87. The summed E-state index contributed by atoms with van der Waals surface area (Å²) in [6.45, 7) is 7.33. The summed E-state index contributed by atoms with van der Waals surface area (Å²) in [6.07, 6.45) is 0.389. The monoisotopic (exact) mass is 423 g/mol. The van der Waals surface area contributed by atoms with Crippen molar-refractivity contribution in [1.82, 2.24) is 0 Å². The molecule has 0 radical (unpaired) electrons. The van der Waals surface area contributed by atoms with Gasteiger partial charge in [-0.3, -0.25) is 4.79 Å². The van der Waals surface area contributed by atoms with Gasteiger partial charge in [-0.1, -0.05) is 30.0 Å². The number of nitrogens with zero attached hydrogens (tertiary/aromatic N) is 1. The van der Waals surface area contributed by atoms with Crippen molar-refractivity contribution >= 4 is 17.6 Å². The highest BCUT2D eigenvalue weighted by Crippen LogP contribution is 2.31. The maximum absolute atomic E-state index is 13.3. The van der Waals surface area contributed by atoms with Crippen molar-refractivity contribution in [1.29, 1.82) is 0 Å². The highest BCUT2D eigenvalue weighted by Gasteiger charge is 2.24. The molecule has 1 amide bonds. The SMILES string of the molecule is Cc1cc(N(CCC#CCOCC(=O)O)C(=O)c2ccccc2)cc(C(C)(C)O)c1C. The maximum Gasteiger partial charge on any atom is 0.329 e. The number of ether oxygens (including phenoxy) is 1. The number of aliphatic hydroxyl groups is 1. The standard InChI is InChI=1S/C25H29NO5/c1-18-15-21(16-22(19(18)2)25(3,4)30)26(24(29)20-11-7-5-8-12-20)13-9-6-10-14-31-17-23(27)28/h5,7-8,11-12,15-16,30H,9,13-14,17H2,1-4H3,(H,27,28). The zero-order chi connectivity index (χ0) is 23.0. The zero-order valence-electron chi connectivity index (χ0n) is 18.4. The number of amides is 1. The molecule has 2 rings (SSSR count). The topological polar surface area (TPSA) is 87.1 Å². The van der Waals surface area contributed by atoms with Gasteiger partial charge in [0.25, 0.3) is 5.91 Å². The third-order valence-electron chi connectivity index (χ3n) is 4.87. The Balaban J connectivity index is 2.31. The van der Waals surface area contributed by atoms with Crippen LogP contribution < -0.4 is 4.90 Å². The van der Waals surface area contributed by atoms with Gasteiger partial charge >= 0.3 is 5.97 Å². The Morgan fingerprint density at radius 3 is 2.39 bits per heavy atom. The van der Waals surface area contributed by atoms with E-state index in [2.05, 4.69) is 11.8 Å². The van der Waals surface area contributed by atoms with Crippen molar-refractivity contribution in [2.45, 2.75) is 39.7 Å². The van der Waals surface area contributed by atoms with Gasteiger partial charge in [0.05, 0.1) is 5.60 Å². The fraction of sp³-hybridized carbons (Fsp3) is 0.360. The van der Waals surface area contributed by atoms with Crippen LogP contribution in [0.5, 0.6) is 0 Å². The van der Waals surface area contributed by atoms with Gasteiger partial charge < -0.3 is 19.8 Å². The van der Waals surface area contributed by atoms with Crippen LogP contribution >= 0.6 is 0 Å². The first-order valence-electron chi connectivity index (χ1n) is 10.1. The number of rotatable bonds is 8. The van der Waals surface area contributed by atoms with Gasteiger partial charge in [-0.25, -0.2) is 4.79 Å². The molecule has 0 atom stereocenters. The molecule has 0 saturated heterocycles. The normalized spacial score (nSPS) is 10.9. The van der Waals surface area contributed by atoms with Gasteiger partial charge in [0.1, 0.15) is 13.2 Å². The van der Waals surface area contributed by atoms with Crippen LogP contribution in [0.25, 0.3) is 0 Å². The van der Waals surface area contributed by atoms with Crippen LogP contribution in [0.4, 0.5) is 5.69 Å². The van der Waals surface area contributed by atoms with E-state index in [-0.39, 0.29) is 12.5 Å². The van der Waals surface area contributed by atoms with Crippen LogP contribution in [0.15, 0.2) is 42.5 Å². The molecular formula is C25H29NO5. The summed E-state index contributed by atoms with van der Waals surface area (Å²) in [5, 5.41) is 19.2. The van der Waals surface area contributed by atoms with Crippen LogP contribution in [0.2, 0.25) is 0 Å². The molecule has 0 saturated carbocycles. The first-order valence-corrected chi connectivity index (χ1v) is 10.1. The van der Waals surface area contributed by atoms with Crippen molar-refractivity contribution in [2.24, 2.45) is 0 Å². The van der Waals surface area contributed by atoms with Crippen molar-refractivity contribution in [3.8, 4) is 11.8 Å². The highest BCUT2D eigenvalue weighted by molar-refractivity contribution is 6.06. The molecule has 0 heterocycles. The highest BCUT2D eigenvalue weighted by atomic mass is 16.5. The molecule has 0 fully saturated rings. The Labute approximate surface area is 183 Å². The number of anilines is 1. The zero-order valence-corrected chi connectivity index (χ0v) is 18.4. The smallest absolute Gasteiger partial charge is 0.329 e. The molecule has 2 aromatic rings. The lowest BCUT2D eigenvalue weighted by molar-refractivity contribution is -0.141. The Morgan fingerprint density at radius 1 is 1.10 bits per heavy atom. The molecule has 0 aromatic heterocycles. The maximum atomic E-state index is 13.3. The summed E-state index contributed by atoms with van der Waals surface area (Å²) in [4.78, 5) is 25.4. The lowest BCUT2D eigenvalue weighted by atomic mass is 9.90. The largest absolute Gasteiger partial charge is 0.480 e. The summed E-state index contributed by atoms with van der Waals surface area (Å²) in [5.74, 6) is 4.49. The summed E-state index contributed by atoms with van der Waals surface area (Å²) in [7, 11) is 0. The Kier molecular flexibility index (Phi) is 8.38. The lowest BCUT2D eigenvalue weighted by Gasteiger charge is -2.27. The lowest BCUT2D eigenvalue weighted by Crippen LogP contribution is -2.32. The fourth-order valence-corrected chi connectivity index (χ4v) is 3.21. The molecule has 2 N–H and O–H groups in total. The summed E-state index contributed by atoms with van der Waals surface area (Å²) < 4.78 is 4.90. The molecule has 6 heteroatoms. The molecule has 0 unspecified atom stereocenters. The average Bonchev–Trinajstić information content (AvgIpc) is 2.71. The van der Waals surface area contributed by atoms with E-state index >= 15 is 0 Å². The third kappa shape index (κ3) is 6.95. The predicted molar refractivity (Wildman–Crippen MR) is 120 cm³/mol. The number of aryl methyl sites for hydroxylation is 1. The number of aliphatic carboxylic acids is 1. The quantitative estimate of drug-likeness (QED) is 0.500. The van der Waals surface area contributed by atoms with Gasteiger partial charge in [-0.05, 0) is 68.7 Å². The number of benzene rings is 2. The van der Waals surface area contributed by atoms with Gasteiger partial charge in [0.2, 0.25) is 0 Å². The second-order valence-corrected chi connectivity index (χ2v) is 7.81. The minimum absolute atomic E-state index is 0.0193. The second-order valence-electron chi connectivity index (χ2n) is 7.81. The van der Waals surface area contributed by atoms with Gasteiger partial charge in [-0.2, -0.15) is 0 Å². The van der Waals surface area contributed by atoms with E-state index < -0.39 is 18.2 Å². The van der Waals surface area contributed by atoms with Crippen LogP contribution in [0, 0.1) is 25.7 Å².